The fourth-order valence-electron chi connectivity index (χ4n) is 3.16. The summed E-state index contributed by atoms with van der Waals surface area (Å²) in [6.07, 6.45) is 4.93. The lowest BCUT2D eigenvalue weighted by molar-refractivity contribution is -0.0367. The summed E-state index contributed by atoms with van der Waals surface area (Å²) in [6, 6.07) is 0. The van der Waals surface area contributed by atoms with E-state index in [0.29, 0.717) is 30.5 Å². The van der Waals surface area contributed by atoms with Gasteiger partial charge in [-0.2, -0.15) is 4.98 Å². The zero-order valence-corrected chi connectivity index (χ0v) is 17.3. The Morgan fingerprint density at radius 1 is 1.36 bits per heavy atom. The summed E-state index contributed by atoms with van der Waals surface area (Å²) in [5, 5.41) is 7.18. The molecule has 0 bridgehead atoms. The molecule has 2 saturated heterocycles. The van der Waals surface area contributed by atoms with Gasteiger partial charge in [-0.15, -0.1) is 24.0 Å². The van der Waals surface area contributed by atoms with Crippen molar-refractivity contribution in [2.24, 2.45) is 4.99 Å². The van der Waals surface area contributed by atoms with Crippen LogP contribution in [0.2, 0.25) is 0 Å². The zero-order chi connectivity index (χ0) is 16.8. The first-order valence-corrected chi connectivity index (χ1v) is 8.72. The van der Waals surface area contributed by atoms with Gasteiger partial charge in [0.1, 0.15) is 0 Å². The molecule has 8 nitrogen and oxygen atoms in total. The summed E-state index contributed by atoms with van der Waals surface area (Å²) in [6.45, 7) is 5.78. The summed E-state index contributed by atoms with van der Waals surface area (Å²) in [5.74, 6) is 2.09. The number of hydrogen-bond acceptors (Lipinski definition) is 6. The number of aliphatic imine (C=N–C) groups is 1. The van der Waals surface area contributed by atoms with Gasteiger partial charge in [0.15, 0.2) is 11.8 Å². The van der Waals surface area contributed by atoms with Gasteiger partial charge >= 0.3 is 0 Å². The summed E-state index contributed by atoms with van der Waals surface area (Å²) in [5.41, 5.74) is 0. The minimum atomic E-state index is 0. The van der Waals surface area contributed by atoms with Crippen LogP contribution in [0.1, 0.15) is 37.4 Å². The Balaban J connectivity index is 0.00000225. The number of guanidine groups is 1. The highest BCUT2D eigenvalue weighted by Gasteiger charge is 2.24. The quantitative estimate of drug-likeness (QED) is 0.403. The lowest BCUT2D eigenvalue weighted by atomic mass is 10.1. The normalized spacial score (nSPS) is 22.1. The molecule has 3 rings (SSSR count). The van der Waals surface area contributed by atoms with Gasteiger partial charge in [0.2, 0.25) is 5.89 Å². The van der Waals surface area contributed by atoms with E-state index in [1.807, 2.05) is 0 Å². The average molecular weight is 465 g/mol. The summed E-state index contributed by atoms with van der Waals surface area (Å²) < 4.78 is 16.6. The average Bonchev–Trinajstić information content (AvgIpc) is 3.26. The van der Waals surface area contributed by atoms with Gasteiger partial charge in [0, 0.05) is 33.7 Å². The number of ether oxygens (including phenoxy) is 2. The number of rotatable bonds is 5. The van der Waals surface area contributed by atoms with Crippen molar-refractivity contribution in [3.05, 3.63) is 11.7 Å². The Hall–Kier alpha value is -0.940. The van der Waals surface area contributed by atoms with E-state index in [2.05, 4.69) is 25.3 Å². The Kier molecular flexibility index (Phi) is 8.37. The van der Waals surface area contributed by atoms with E-state index < -0.39 is 0 Å². The van der Waals surface area contributed by atoms with E-state index in [-0.39, 0.29) is 24.0 Å². The monoisotopic (exact) mass is 465 g/mol. The van der Waals surface area contributed by atoms with Crippen molar-refractivity contribution in [2.45, 2.75) is 51.4 Å². The highest BCUT2D eigenvalue weighted by atomic mass is 127. The molecule has 0 aliphatic carbocycles. The largest absolute Gasteiger partial charge is 0.376 e. The van der Waals surface area contributed by atoms with Crippen LogP contribution in [0.3, 0.4) is 0 Å². The predicted octanol–water partition coefficient (Wildman–Crippen LogP) is 1.73. The second kappa shape index (κ2) is 10.3. The van der Waals surface area contributed by atoms with E-state index >= 15 is 0 Å². The van der Waals surface area contributed by atoms with Crippen LogP contribution in [-0.2, 0) is 16.0 Å². The molecule has 0 aromatic carbocycles. The first-order chi connectivity index (χ1) is 11.7. The van der Waals surface area contributed by atoms with Crippen LogP contribution in [0.15, 0.2) is 9.52 Å². The maximum atomic E-state index is 6.02. The number of piperidine rings is 1. The number of hydrogen-bond donors (Lipinski definition) is 1. The lowest BCUT2D eigenvalue weighted by Crippen LogP contribution is -2.47. The van der Waals surface area contributed by atoms with Gasteiger partial charge in [-0.05, 0) is 25.7 Å². The minimum absolute atomic E-state index is 0. The molecule has 0 spiro atoms. The predicted molar refractivity (Wildman–Crippen MR) is 104 cm³/mol. The second-order valence-corrected chi connectivity index (χ2v) is 6.29. The van der Waals surface area contributed by atoms with Crippen molar-refractivity contribution in [1.82, 2.24) is 20.4 Å². The number of nitrogens with zero attached hydrogens (tertiary/aromatic N) is 4. The van der Waals surface area contributed by atoms with Crippen LogP contribution < -0.4 is 5.32 Å². The Morgan fingerprint density at radius 2 is 2.16 bits per heavy atom. The Bertz CT molecular complexity index is 540. The molecule has 142 valence electrons. The molecule has 0 amide bonds. The van der Waals surface area contributed by atoms with Gasteiger partial charge in [0.25, 0.3) is 0 Å². The van der Waals surface area contributed by atoms with Gasteiger partial charge in [-0.25, -0.2) is 0 Å². The Morgan fingerprint density at radius 3 is 2.76 bits per heavy atom. The zero-order valence-electron chi connectivity index (χ0n) is 14.9. The van der Waals surface area contributed by atoms with Crippen LogP contribution in [0.25, 0.3) is 0 Å². The van der Waals surface area contributed by atoms with Gasteiger partial charge in [-0.1, -0.05) is 5.16 Å². The molecule has 2 fully saturated rings. The maximum Gasteiger partial charge on any atom is 0.223 e. The van der Waals surface area contributed by atoms with Crippen molar-refractivity contribution in [1.29, 1.82) is 0 Å². The molecular formula is C16H28IN5O3. The Labute approximate surface area is 165 Å². The first kappa shape index (κ1) is 20.4. The molecule has 1 atom stereocenters. The van der Waals surface area contributed by atoms with Crippen LogP contribution in [-0.4, -0.2) is 66.6 Å². The van der Waals surface area contributed by atoms with E-state index in [0.717, 1.165) is 57.9 Å². The molecule has 1 aromatic rings. The molecule has 1 aromatic heterocycles. The number of halogens is 1. The summed E-state index contributed by atoms with van der Waals surface area (Å²) in [4.78, 5) is 10.8. The molecule has 0 saturated carbocycles. The molecule has 2 aliphatic heterocycles. The summed E-state index contributed by atoms with van der Waals surface area (Å²) >= 11 is 0. The van der Waals surface area contributed by atoms with Crippen LogP contribution >= 0.6 is 24.0 Å². The number of aromatic nitrogens is 2. The minimum Gasteiger partial charge on any atom is -0.376 e. The van der Waals surface area contributed by atoms with Crippen molar-refractivity contribution in [2.75, 3.05) is 33.4 Å². The highest BCUT2D eigenvalue weighted by Crippen LogP contribution is 2.17. The standard InChI is InChI=1S/C16H27N5O3.HI/c1-12-19-15(20-24-12)10-18-16(17-2)21-7-5-13(6-8-21)23-11-14-4-3-9-22-14;/h13-14H,3-11H2,1-2H3,(H,17,18);1H. The van der Waals surface area contributed by atoms with E-state index in [1.165, 1.54) is 0 Å². The topological polar surface area (TPSA) is 85.0 Å². The van der Waals surface area contributed by atoms with Crippen molar-refractivity contribution in [3.63, 3.8) is 0 Å². The first-order valence-electron chi connectivity index (χ1n) is 8.72. The van der Waals surface area contributed by atoms with Crippen LogP contribution in [0.5, 0.6) is 0 Å². The molecule has 9 heteroatoms. The third-order valence-electron chi connectivity index (χ3n) is 4.47. The molecule has 2 aliphatic rings. The molecule has 1 N–H and O–H groups in total. The van der Waals surface area contributed by atoms with Crippen LogP contribution in [0.4, 0.5) is 0 Å². The highest BCUT2D eigenvalue weighted by molar-refractivity contribution is 14.0. The number of likely N-dealkylation sites (tertiary alicyclic amines) is 1. The van der Waals surface area contributed by atoms with Crippen molar-refractivity contribution in [3.8, 4) is 0 Å². The van der Waals surface area contributed by atoms with E-state index in [1.54, 1.807) is 14.0 Å². The molecule has 0 radical (unpaired) electrons. The van der Waals surface area contributed by atoms with Crippen molar-refractivity contribution >= 4 is 29.9 Å². The molecule has 1 unspecified atom stereocenters. The van der Waals surface area contributed by atoms with E-state index in [4.69, 9.17) is 14.0 Å². The smallest absolute Gasteiger partial charge is 0.223 e. The maximum absolute atomic E-state index is 6.02. The van der Waals surface area contributed by atoms with Gasteiger partial charge in [-0.3, -0.25) is 4.99 Å². The third kappa shape index (κ3) is 6.07. The SMILES string of the molecule is CN=C(NCc1noc(C)n1)N1CCC(OCC2CCCO2)CC1.I. The lowest BCUT2D eigenvalue weighted by Gasteiger charge is -2.34. The van der Waals surface area contributed by atoms with Crippen molar-refractivity contribution < 1.29 is 14.0 Å². The summed E-state index contributed by atoms with van der Waals surface area (Å²) in [7, 11) is 1.80. The van der Waals surface area contributed by atoms with Crippen LogP contribution in [0, 0.1) is 6.92 Å². The second-order valence-electron chi connectivity index (χ2n) is 6.29. The third-order valence-corrected chi connectivity index (χ3v) is 4.47. The molecule has 25 heavy (non-hydrogen) atoms. The fraction of sp³-hybridized carbons (Fsp3) is 0.812. The van der Waals surface area contributed by atoms with Gasteiger partial charge in [0.05, 0.1) is 25.4 Å². The van der Waals surface area contributed by atoms with E-state index in [9.17, 15) is 0 Å². The number of aryl methyl sites for hydroxylation is 1. The fourth-order valence-corrected chi connectivity index (χ4v) is 3.16. The molecular weight excluding hydrogens is 437 g/mol. The van der Waals surface area contributed by atoms with Gasteiger partial charge < -0.3 is 24.2 Å². The number of nitrogens with one attached hydrogen (secondary N) is 1. The molecule has 3 heterocycles.